The maximum atomic E-state index is 14.6. The molecule has 4 aliphatic heterocycles. The first-order valence-electron chi connectivity index (χ1n) is 38.1. The minimum atomic E-state index is -3.71. The van der Waals surface area contributed by atoms with E-state index in [-0.39, 0.29) is 87.4 Å². The summed E-state index contributed by atoms with van der Waals surface area (Å²) < 4.78 is 124. The van der Waals surface area contributed by atoms with Crippen molar-refractivity contribution in [3.05, 3.63) is 331 Å². The summed E-state index contributed by atoms with van der Waals surface area (Å²) in [7, 11) is -12.8. The Balaban J connectivity index is 0.000000144. The van der Waals surface area contributed by atoms with Crippen LogP contribution in [0.1, 0.15) is 78.1 Å². The van der Waals surface area contributed by atoms with Crippen LogP contribution in [0.15, 0.2) is 261 Å². The third-order valence-electron chi connectivity index (χ3n) is 19.5. The summed E-state index contributed by atoms with van der Waals surface area (Å²) in [4.78, 5) is 92.3. The van der Waals surface area contributed by atoms with Crippen LogP contribution in [-0.2, 0) is 40.8 Å². The number of halogens is 5. The lowest BCUT2D eigenvalue weighted by Crippen LogP contribution is -2.30. The normalized spacial score (nSPS) is 15.1. The van der Waals surface area contributed by atoms with Gasteiger partial charge >= 0.3 is 40.8 Å². The van der Waals surface area contributed by atoms with Crippen LogP contribution in [0.2, 0.25) is 20.1 Å². The van der Waals surface area contributed by atoms with Crippen molar-refractivity contribution in [2.75, 3.05) is 114 Å². The Morgan fingerprint density at radius 1 is 0.341 bits per heavy atom. The van der Waals surface area contributed by atoms with Gasteiger partial charge in [0.1, 0.15) is 5.82 Å². The van der Waals surface area contributed by atoms with Gasteiger partial charge in [-0.15, -0.1) is 0 Å². The van der Waals surface area contributed by atoms with Gasteiger partial charge in [-0.1, -0.05) is 113 Å². The number of carbonyl (C=O) groups is 7. The fraction of sp³-hybridized carbons (Fsp3) is 0.116. The lowest BCUT2D eigenvalue weighted by atomic mass is 10.1. The number of nitrogens with zero attached hydrogens (tertiary/aromatic N) is 6. The molecule has 31 nitrogen and oxygen atoms in total. The predicted molar refractivity (Wildman–Crippen MR) is 488 cm³/mol. The van der Waals surface area contributed by atoms with Crippen LogP contribution in [0.4, 0.5) is 67.0 Å². The first-order valence-corrected chi connectivity index (χ1v) is 45.4. The highest BCUT2D eigenvalue weighted by Crippen LogP contribution is 2.35. The molecule has 7 amide bonds. The summed E-state index contributed by atoms with van der Waals surface area (Å²) in [5.74, 6) is -3.81. The van der Waals surface area contributed by atoms with Crippen LogP contribution in [0.5, 0.6) is 0 Å². The van der Waals surface area contributed by atoms with Crippen LogP contribution in [0.25, 0.3) is 10.9 Å². The molecule has 5 heterocycles. The molecule has 0 unspecified atom stereocenters. The van der Waals surface area contributed by atoms with E-state index >= 15 is 0 Å². The smallest absolute Gasteiger partial charge is 0.303 e. The largest absolute Gasteiger partial charge is 0.322 e. The second-order valence-corrected chi connectivity index (χ2v) is 36.6. The molecule has 4 aliphatic rings. The molecule has 10 N–H and O–H groups in total. The van der Waals surface area contributed by atoms with E-state index < -0.39 is 58.5 Å². The van der Waals surface area contributed by atoms with E-state index in [0.29, 0.717) is 122 Å². The monoisotopic (exact) mass is 1860 g/mol. The minimum Gasteiger partial charge on any atom is -0.322 e. The molecule has 4 saturated heterocycles. The molecule has 12 aromatic rings. The number of amides is 7. The van der Waals surface area contributed by atoms with Gasteiger partial charge in [0.15, 0.2) is 0 Å². The van der Waals surface area contributed by atoms with Crippen LogP contribution in [0.3, 0.4) is 0 Å². The second-order valence-electron chi connectivity index (χ2n) is 28.0. The summed E-state index contributed by atoms with van der Waals surface area (Å²) in [6, 6.07) is 68.5. The lowest BCUT2D eigenvalue weighted by Gasteiger charge is -2.18. The molecule has 0 atom stereocenters. The van der Waals surface area contributed by atoms with Crippen LogP contribution < -0.4 is 68.6 Å². The van der Waals surface area contributed by atoms with Crippen LogP contribution >= 0.6 is 46.4 Å². The Morgan fingerprint density at radius 3 is 1.11 bits per heavy atom. The van der Waals surface area contributed by atoms with Crippen molar-refractivity contribution in [2.24, 2.45) is 0 Å². The average molecular weight is 1860 g/mol. The molecule has 648 valence electrons. The Bertz CT molecular complexity index is 6220. The van der Waals surface area contributed by atoms with Crippen LogP contribution in [-0.4, -0.2) is 144 Å². The fourth-order valence-corrected chi connectivity index (χ4v) is 18.8. The average Bonchev–Trinajstić information content (AvgIpc) is 1.63. The van der Waals surface area contributed by atoms with Gasteiger partial charge in [0, 0.05) is 122 Å². The SMILES string of the molecule is CN1CCN(c2ccc(C(=O)Nc3ccc4cccnc4c3)cc2)S1(=O)=O.Cc1cc(N2CCNS2(=O)=O)ccc1C(=O)Nc1ccc(Cl)c(NC(=O)c2ccccc2)c1.O=C(Nc1cc(NC(=O)c2ccc(N3CCNS3(=O)=O)cc2Cl)ccc1Cl)c1ccccc1.O=C(Nc1cc(NC(=O)c2ccc(N3CCNS3(=O)=O)cc2F)ccc1Cl)c1ccccc1. The zero-order chi connectivity index (χ0) is 89.8. The van der Waals surface area contributed by atoms with Gasteiger partial charge in [0.25, 0.3) is 41.4 Å². The van der Waals surface area contributed by atoms with Gasteiger partial charge in [-0.3, -0.25) is 55.8 Å². The number of pyridine rings is 1. The zero-order valence-electron chi connectivity index (χ0n) is 66.3. The van der Waals surface area contributed by atoms with E-state index in [1.807, 2.05) is 36.4 Å². The van der Waals surface area contributed by atoms with Crippen molar-refractivity contribution in [1.82, 2.24) is 23.5 Å². The van der Waals surface area contributed by atoms with E-state index in [2.05, 4.69) is 56.4 Å². The predicted octanol–water partition coefficient (Wildman–Crippen LogP) is 14.1. The summed E-state index contributed by atoms with van der Waals surface area (Å²) in [6.45, 7) is 4.19. The lowest BCUT2D eigenvalue weighted by molar-refractivity contribution is 0.101. The van der Waals surface area contributed by atoms with Gasteiger partial charge in [-0.05, 0) is 201 Å². The highest BCUT2D eigenvalue weighted by molar-refractivity contribution is 7.92. The number of rotatable bonds is 18. The van der Waals surface area contributed by atoms with Gasteiger partial charge < -0.3 is 37.2 Å². The van der Waals surface area contributed by atoms with Gasteiger partial charge in [0.05, 0.1) is 76.5 Å². The third kappa shape index (κ3) is 22.0. The number of aromatic nitrogens is 1. The molecule has 16 rings (SSSR count). The number of hydrogen-bond donors (Lipinski definition) is 10. The first-order chi connectivity index (χ1) is 60.2. The summed E-state index contributed by atoms with van der Waals surface area (Å²) >= 11 is 24.9. The van der Waals surface area contributed by atoms with E-state index in [4.69, 9.17) is 46.4 Å². The highest BCUT2D eigenvalue weighted by Gasteiger charge is 2.35. The Kier molecular flexibility index (Phi) is 28.5. The second kappa shape index (κ2) is 39.5. The first kappa shape index (κ1) is 90.8. The number of benzene rings is 11. The Labute approximate surface area is 743 Å². The molecular weight excluding hydrogens is 1790 g/mol. The molecule has 0 saturated carbocycles. The Hall–Kier alpha value is -13.0. The van der Waals surface area contributed by atoms with E-state index in [9.17, 15) is 71.6 Å². The number of nitrogens with one attached hydrogen (secondary N) is 10. The summed E-state index contributed by atoms with van der Waals surface area (Å²) in [6.07, 6.45) is 1.70. The van der Waals surface area contributed by atoms with Crippen molar-refractivity contribution < 1.29 is 71.6 Å². The summed E-state index contributed by atoms with van der Waals surface area (Å²) in [5.41, 5.74) is 7.78. The van der Waals surface area contributed by atoms with Crippen molar-refractivity contribution in [3.63, 3.8) is 0 Å². The topological polar surface area (TPSA) is 405 Å². The van der Waals surface area contributed by atoms with Crippen LogP contribution in [0, 0.1) is 12.7 Å². The maximum absolute atomic E-state index is 14.6. The fourth-order valence-electron chi connectivity index (χ4n) is 13.0. The third-order valence-corrected chi connectivity index (χ3v) is 27.3. The molecule has 4 fully saturated rings. The zero-order valence-corrected chi connectivity index (χ0v) is 72.6. The minimum absolute atomic E-state index is 0.0960. The van der Waals surface area contributed by atoms with Crippen molar-refractivity contribution in [1.29, 1.82) is 0 Å². The molecule has 0 radical (unpaired) electrons. The molecule has 0 spiro atoms. The van der Waals surface area contributed by atoms with Gasteiger partial charge in [-0.25, -0.2) is 4.39 Å². The molecule has 126 heavy (non-hydrogen) atoms. The number of carbonyl (C=O) groups excluding carboxylic acids is 7. The van der Waals surface area contributed by atoms with Gasteiger partial charge in [0.2, 0.25) is 0 Å². The molecule has 0 bridgehead atoms. The Morgan fingerprint density at radius 2 is 0.706 bits per heavy atom. The number of fused-ring (bicyclic) bond motifs is 1. The maximum Gasteiger partial charge on any atom is 0.303 e. The molecule has 0 aliphatic carbocycles. The van der Waals surface area contributed by atoms with E-state index in [0.717, 1.165) is 21.3 Å². The van der Waals surface area contributed by atoms with Gasteiger partial charge in [-0.2, -0.15) is 52.1 Å². The standard InChI is InChI=1S/C23H21ClN4O4S.C22H18Cl2N4O4S.C22H18ClFN4O4S.C19H18N4O3S/c1-15-13-18(28-12-11-25-33(28,31)32)8-9-19(15)23(30)26-17-7-10-20(24)21(14-17)27-22(29)16-5-3-2-4-6-16;2*23-18-9-6-15(12-20(18)27-21(29)14-4-2-1-3-5-14)26-22(30)17-8-7-16(13-19(17)24)28-11-10-25-33(28,31)32;1-22-11-12-23(27(22,25)26)17-8-5-15(6-9-17)19(24)21-16-7-4-14-3-2-10-20-18(14)13-16/h2-10,13-14,25H,11-12H2,1H3,(H,26,30)(H,27,29);2*1-9,12-13,25H,10-11H2,(H,26,30)(H,27,29);2-10,13H,11-12H2,1H3,(H,21,24). The number of hydrogen-bond acceptors (Lipinski definition) is 16. The quantitative estimate of drug-likeness (QED) is 0.0381. The van der Waals surface area contributed by atoms with Crippen molar-refractivity contribution >= 4 is 202 Å². The molecule has 40 heteroatoms. The number of aryl methyl sites for hydroxylation is 1. The summed E-state index contributed by atoms with van der Waals surface area (Å²) in [5, 5.41) is 21.0. The number of anilines is 11. The molecule has 11 aromatic carbocycles. The van der Waals surface area contributed by atoms with E-state index in [1.165, 1.54) is 71.8 Å². The van der Waals surface area contributed by atoms with E-state index in [1.54, 1.807) is 178 Å². The highest BCUT2D eigenvalue weighted by atomic mass is 35.5. The molecular formula is C86H75Cl4FN16O15S4. The molecule has 1 aromatic heterocycles. The van der Waals surface area contributed by atoms with Crippen molar-refractivity contribution in [3.8, 4) is 0 Å². The number of likely N-dealkylation sites (N-methyl/N-ethyl adjacent to an activating group) is 1. The van der Waals surface area contributed by atoms with Crippen molar-refractivity contribution in [2.45, 2.75) is 6.92 Å².